The van der Waals surface area contributed by atoms with Crippen molar-refractivity contribution in [2.75, 3.05) is 0 Å². The maximum Gasteiger partial charge on any atom is 0.239 e. The zero-order valence-corrected chi connectivity index (χ0v) is 7.17. The molecule has 2 atom stereocenters. The molecule has 0 aromatic heterocycles. The SMILES string of the molecule is CCCC(C=O)C(N)C(=O)Cl. The zero-order valence-electron chi connectivity index (χ0n) is 6.42. The average molecular weight is 178 g/mol. The minimum absolute atomic E-state index is 0.426. The molecular formula is C7H12ClNO2. The van der Waals surface area contributed by atoms with Crippen molar-refractivity contribution in [2.45, 2.75) is 25.8 Å². The molecule has 4 heteroatoms. The van der Waals surface area contributed by atoms with Crippen LogP contribution in [0, 0.1) is 5.92 Å². The van der Waals surface area contributed by atoms with Crippen LogP contribution in [0.5, 0.6) is 0 Å². The highest BCUT2D eigenvalue weighted by molar-refractivity contribution is 6.64. The molecule has 2 N–H and O–H groups in total. The van der Waals surface area contributed by atoms with Crippen molar-refractivity contribution in [3.05, 3.63) is 0 Å². The summed E-state index contributed by atoms with van der Waals surface area (Å²) in [5, 5.41) is -0.643. The van der Waals surface area contributed by atoms with Crippen LogP contribution in [0.4, 0.5) is 0 Å². The highest BCUT2D eigenvalue weighted by atomic mass is 35.5. The molecule has 0 aliphatic rings. The molecule has 0 saturated carbocycles. The van der Waals surface area contributed by atoms with Gasteiger partial charge in [-0.3, -0.25) is 4.79 Å². The highest BCUT2D eigenvalue weighted by Crippen LogP contribution is 2.08. The number of carbonyl (C=O) groups excluding carboxylic acids is 2. The van der Waals surface area contributed by atoms with Crippen molar-refractivity contribution >= 4 is 23.1 Å². The Morgan fingerprint density at radius 1 is 1.73 bits per heavy atom. The van der Waals surface area contributed by atoms with E-state index < -0.39 is 17.2 Å². The third kappa shape index (κ3) is 3.49. The normalized spacial score (nSPS) is 15.5. The van der Waals surface area contributed by atoms with Crippen LogP contribution in [-0.2, 0) is 9.59 Å². The number of hydrogen-bond donors (Lipinski definition) is 1. The first-order valence-corrected chi connectivity index (χ1v) is 3.91. The van der Waals surface area contributed by atoms with Gasteiger partial charge in [0.15, 0.2) is 0 Å². The summed E-state index contributed by atoms with van der Waals surface area (Å²) >= 11 is 5.11. The van der Waals surface area contributed by atoms with Crippen molar-refractivity contribution in [2.24, 2.45) is 11.7 Å². The molecule has 0 aromatic carbocycles. The van der Waals surface area contributed by atoms with Gasteiger partial charge in [0.1, 0.15) is 6.29 Å². The minimum atomic E-state index is -0.839. The first-order chi connectivity index (χ1) is 5.13. The Kier molecular flexibility index (Phi) is 5.07. The summed E-state index contributed by atoms with van der Waals surface area (Å²) < 4.78 is 0. The Morgan fingerprint density at radius 2 is 2.27 bits per heavy atom. The second kappa shape index (κ2) is 5.27. The summed E-state index contributed by atoms with van der Waals surface area (Å²) in [6.45, 7) is 1.92. The highest BCUT2D eigenvalue weighted by Gasteiger charge is 2.21. The topological polar surface area (TPSA) is 60.2 Å². The smallest absolute Gasteiger partial charge is 0.239 e. The third-order valence-corrected chi connectivity index (χ3v) is 1.77. The van der Waals surface area contributed by atoms with E-state index in [-0.39, 0.29) is 0 Å². The van der Waals surface area contributed by atoms with Crippen LogP contribution in [-0.4, -0.2) is 17.6 Å². The van der Waals surface area contributed by atoms with Gasteiger partial charge in [-0.1, -0.05) is 13.3 Å². The number of aldehydes is 1. The van der Waals surface area contributed by atoms with Gasteiger partial charge >= 0.3 is 0 Å². The summed E-state index contributed by atoms with van der Waals surface area (Å²) in [7, 11) is 0. The number of hydrogen-bond acceptors (Lipinski definition) is 3. The standard InChI is InChI=1S/C7H12ClNO2/c1-2-3-5(4-10)6(9)7(8)11/h4-6H,2-3,9H2,1H3. The molecule has 0 aliphatic heterocycles. The lowest BCUT2D eigenvalue weighted by molar-refractivity contribution is -0.119. The van der Waals surface area contributed by atoms with E-state index in [0.29, 0.717) is 12.7 Å². The van der Waals surface area contributed by atoms with Gasteiger partial charge in [0.25, 0.3) is 0 Å². The van der Waals surface area contributed by atoms with E-state index in [1.807, 2.05) is 6.92 Å². The molecule has 64 valence electrons. The van der Waals surface area contributed by atoms with Gasteiger partial charge in [-0.05, 0) is 18.0 Å². The van der Waals surface area contributed by atoms with Crippen molar-refractivity contribution in [1.82, 2.24) is 0 Å². The van der Waals surface area contributed by atoms with Crippen LogP contribution in [0.15, 0.2) is 0 Å². The van der Waals surface area contributed by atoms with Crippen LogP contribution in [0.3, 0.4) is 0 Å². The van der Waals surface area contributed by atoms with E-state index in [4.69, 9.17) is 17.3 Å². The Morgan fingerprint density at radius 3 is 2.55 bits per heavy atom. The molecule has 0 heterocycles. The van der Waals surface area contributed by atoms with Crippen molar-refractivity contribution in [1.29, 1.82) is 0 Å². The fourth-order valence-electron chi connectivity index (χ4n) is 0.834. The fourth-order valence-corrected chi connectivity index (χ4v) is 0.996. The van der Waals surface area contributed by atoms with Crippen molar-refractivity contribution in [3.8, 4) is 0 Å². The van der Waals surface area contributed by atoms with E-state index >= 15 is 0 Å². The molecule has 0 aliphatic carbocycles. The molecule has 0 aromatic rings. The molecule has 2 unspecified atom stereocenters. The van der Waals surface area contributed by atoms with Gasteiger partial charge in [0.05, 0.1) is 6.04 Å². The summed E-state index contributed by atoms with van der Waals surface area (Å²) in [4.78, 5) is 20.9. The largest absolute Gasteiger partial charge is 0.320 e. The van der Waals surface area contributed by atoms with Crippen LogP contribution >= 0.6 is 11.6 Å². The number of rotatable bonds is 5. The summed E-state index contributed by atoms with van der Waals surface area (Å²) in [5.41, 5.74) is 5.34. The molecular weight excluding hydrogens is 166 g/mol. The van der Waals surface area contributed by atoms with Gasteiger partial charge in [-0.2, -0.15) is 0 Å². The Bertz CT molecular complexity index is 149. The van der Waals surface area contributed by atoms with E-state index in [1.54, 1.807) is 0 Å². The van der Waals surface area contributed by atoms with Crippen molar-refractivity contribution < 1.29 is 9.59 Å². The van der Waals surface area contributed by atoms with Gasteiger partial charge < -0.3 is 10.5 Å². The first kappa shape index (κ1) is 10.6. The monoisotopic (exact) mass is 177 g/mol. The zero-order chi connectivity index (χ0) is 8.85. The summed E-state index contributed by atoms with van der Waals surface area (Å²) in [5.74, 6) is -0.426. The van der Waals surface area contributed by atoms with E-state index in [0.717, 1.165) is 6.42 Å². The van der Waals surface area contributed by atoms with Gasteiger partial charge in [-0.15, -0.1) is 0 Å². The number of halogens is 1. The summed E-state index contributed by atoms with van der Waals surface area (Å²) in [6, 6.07) is -0.839. The van der Waals surface area contributed by atoms with Gasteiger partial charge in [0.2, 0.25) is 5.24 Å². The van der Waals surface area contributed by atoms with Crippen LogP contribution in [0.2, 0.25) is 0 Å². The predicted octanol–water partition coefficient (Wildman–Crippen LogP) is 0.694. The van der Waals surface area contributed by atoms with Gasteiger partial charge in [-0.25, -0.2) is 0 Å². The fraction of sp³-hybridized carbons (Fsp3) is 0.714. The molecule has 0 rings (SSSR count). The van der Waals surface area contributed by atoms with Crippen LogP contribution < -0.4 is 5.73 Å². The summed E-state index contributed by atoms with van der Waals surface area (Å²) in [6.07, 6.45) is 2.12. The van der Waals surface area contributed by atoms with E-state index in [1.165, 1.54) is 0 Å². The van der Waals surface area contributed by atoms with Crippen molar-refractivity contribution in [3.63, 3.8) is 0 Å². The predicted molar refractivity (Wildman–Crippen MR) is 43.3 cm³/mol. The van der Waals surface area contributed by atoms with E-state index in [9.17, 15) is 9.59 Å². The lowest BCUT2D eigenvalue weighted by Gasteiger charge is -2.12. The lowest BCUT2D eigenvalue weighted by atomic mass is 9.98. The van der Waals surface area contributed by atoms with Crippen LogP contribution in [0.25, 0.3) is 0 Å². The quantitative estimate of drug-likeness (QED) is 0.497. The van der Waals surface area contributed by atoms with Gasteiger partial charge in [0, 0.05) is 5.92 Å². The molecule has 11 heavy (non-hydrogen) atoms. The lowest BCUT2D eigenvalue weighted by Crippen LogP contribution is -2.36. The maximum atomic E-state index is 10.5. The Hall–Kier alpha value is -0.410. The molecule has 0 fully saturated rings. The Balaban J connectivity index is 4.01. The molecule has 0 radical (unpaired) electrons. The maximum absolute atomic E-state index is 10.5. The second-order valence-electron chi connectivity index (χ2n) is 2.42. The number of carbonyl (C=O) groups is 2. The Labute approximate surface area is 70.9 Å². The molecule has 0 amide bonds. The van der Waals surface area contributed by atoms with Crippen LogP contribution in [0.1, 0.15) is 19.8 Å². The molecule has 3 nitrogen and oxygen atoms in total. The van der Waals surface area contributed by atoms with E-state index in [2.05, 4.69) is 0 Å². The number of nitrogens with two attached hydrogens (primary N) is 1. The second-order valence-corrected chi connectivity index (χ2v) is 2.79. The average Bonchev–Trinajstić information content (AvgIpc) is 1.98. The molecule has 0 saturated heterocycles. The third-order valence-electron chi connectivity index (χ3n) is 1.52. The minimum Gasteiger partial charge on any atom is -0.320 e. The molecule has 0 spiro atoms. The molecule has 0 bridgehead atoms. The first-order valence-electron chi connectivity index (χ1n) is 3.53.